The van der Waals surface area contributed by atoms with Gasteiger partial charge in [-0.15, -0.1) is 0 Å². The van der Waals surface area contributed by atoms with Crippen LogP contribution >= 0.6 is 0 Å². The quantitative estimate of drug-likeness (QED) is 0.832. The smallest absolute Gasteiger partial charge is 0.0762 e. The lowest BCUT2D eigenvalue weighted by atomic mass is 10.3. The molecule has 5 nitrogen and oxygen atoms in total. The Bertz CT molecular complexity index is 497. The summed E-state index contributed by atoms with van der Waals surface area (Å²) in [4.78, 5) is 0. The molecule has 2 heterocycles. The molecule has 0 saturated carbocycles. The summed E-state index contributed by atoms with van der Waals surface area (Å²) < 4.78 is 4.04. The predicted octanol–water partition coefficient (Wildman–Crippen LogP) is 2.36. The van der Waals surface area contributed by atoms with Gasteiger partial charge in [0.2, 0.25) is 0 Å². The summed E-state index contributed by atoms with van der Waals surface area (Å²) in [5.41, 5.74) is 2.31. The maximum Gasteiger partial charge on any atom is 0.0762 e. The van der Waals surface area contributed by atoms with Crippen LogP contribution in [-0.4, -0.2) is 19.6 Å². The highest BCUT2D eigenvalue weighted by molar-refractivity contribution is 5.02. The molecule has 0 aromatic carbocycles. The second kappa shape index (κ2) is 6.52. The SMILES string of the molecule is CCCn1nccc1CNCc1ccn(C(C)C)n1. The van der Waals surface area contributed by atoms with Crippen LogP contribution in [0.4, 0.5) is 0 Å². The van der Waals surface area contributed by atoms with Crippen molar-refractivity contribution in [2.24, 2.45) is 0 Å². The largest absolute Gasteiger partial charge is 0.305 e. The molecular formula is C14H23N5. The van der Waals surface area contributed by atoms with E-state index in [1.54, 1.807) is 0 Å². The van der Waals surface area contributed by atoms with Crippen molar-refractivity contribution in [1.82, 2.24) is 24.9 Å². The van der Waals surface area contributed by atoms with E-state index in [0.717, 1.165) is 31.7 Å². The molecule has 0 atom stereocenters. The molecule has 0 fully saturated rings. The van der Waals surface area contributed by atoms with E-state index in [0.29, 0.717) is 6.04 Å². The van der Waals surface area contributed by atoms with Gasteiger partial charge in [-0.3, -0.25) is 9.36 Å². The first-order valence-electron chi connectivity index (χ1n) is 6.96. The van der Waals surface area contributed by atoms with Gasteiger partial charge < -0.3 is 5.32 Å². The van der Waals surface area contributed by atoms with Crippen LogP contribution in [0.1, 0.15) is 44.6 Å². The molecule has 19 heavy (non-hydrogen) atoms. The van der Waals surface area contributed by atoms with Gasteiger partial charge >= 0.3 is 0 Å². The molecule has 0 spiro atoms. The van der Waals surface area contributed by atoms with Crippen LogP contribution in [0.25, 0.3) is 0 Å². The van der Waals surface area contributed by atoms with E-state index in [1.807, 2.05) is 17.1 Å². The molecular weight excluding hydrogens is 238 g/mol. The molecule has 2 aromatic heterocycles. The molecule has 0 saturated heterocycles. The van der Waals surface area contributed by atoms with Crippen molar-refractivity contribution < 1.29 is 0 Å². The lowest BCUT2D eigenvalue weighted by Gasteiger charge is -2.07. The highest BCUT2D eigenvalue weighted by Gasteiger charge is 2.04. The minimum Gasteiger partial charge on any atom is -0.305 e. The minimum atomic E-state index is 0.416. The Balaban J connectivity index is 1.83. The standard InChI is InChI=1S/C14H23N5/c1-4-8-19-14(5-7-16-19)11-15-10-13-6-9-18(17-13)12(2)3/h5-7,9,12,15H,4,8,10-11H2,1-3H3. The Labute approximate surface area is 114 Å². The first-order chi connectivity index (χ1) is 9.20. The number of aromatic nitrogens is 4. The van der Waals surface area contributed by atoms with Crippen LogP contribution in [0, 0.1) is 0 Å². The zero-order valence-corrected chi connectivity index (χ0v) is 12.0. The Hall–Kier alpha value is -1.62. The Kier molecular flexibility index (Phi) is 4.74. The van der Waals surface area contributed by atoms with E-state index in [4.69, 9.17) is 0 Å². The van der Waals surface area contributed by atoms with E-state index in [9.17, 15) is 0 Å². The van der Waals surface area contributed by atoms with Gasteiger partial charge in [0.25, 0.3) is 0 Å². The van der Waals surface area contributed by atoms with Crippen molar-refractivity contribution in [1.29, 1.82) is 0 Å². The van der Waals surface area contributed by atoms with Gasteiger partial charge in [-0.2, -0.15) is 10.2 Å². The first-order valence-corrected chi connectivity index (χ1v) is 6.96. The van der Waals surface area contributed by atoms with Crippen LogP contribution in [0.5, 0.6) is 0 Å². The summed E-state index contributed by atoms with van der Waals surface area (Å²) in [6, 6.07) is 4.55. The average Bonchev–Trinajstić information content (AvgIpc) is 3.00. The predicted molar refractivity (Wildman–Crippen MR) is 75.7 cm³/mol. The zero-order chi connectivity index (χ0) is 13.7. The number of nitrogens with one attached hydrogen (secondary N) is 1. The summed E-state index contributed by atoms with van der Waals surface area (Å²) in [6.45, 7) is 9.02. The molecule has 2 aromatic rings. The fourth-order valence-corrected chi connectivity index (χ4v) is 2.00. The van der Waals surface area contributed by atoms with Crippen molar-refractivity contribution in [3.05, 3.63) is 35.9 Å². The number of aryl methyl sites for hydroxylation is 1. The van der Waals surface area contributed by atoms with Crippen LogP contribution in [0.2, 0.25) is 0 Å². The van der Waals surface area contributed by atoms with Gasteiger partial charge in [0.05, 0.1) is 11.4 Å². The normalized spacial score (nSPS) is 11.4. The molecule has 2 rings (SSSR count). The van der Waals surface area contributed by atoms with E-state index < -0.39 is 0 Å². The lowest BCUT2D eigenvalue weighted by molar-refractivity contribution is 0.516. The second-order valence-electron chi connectivity index (χ2n) is 5.03. The summed E-state index contributed by atoms with van der Waals surface area (Å²) in [6.07, 6.45) is 5.00. The third kappa shape index (κ3) is 3.67. The van der Waals surface area contributed by atoms with Crippen molar-refractivity contribution in [3.63, 3.8) is 0 Å². The van der Waals surface area contributed by atoms with E-state index in [1.165, 1.54) is 5.69 Å². The van der Waals surface area contributed by atoms with Crippen LogP contribution < -0.4 is 5.32 Å². The van der Waals surface area contributed by atoms with E-state index >= 15 is 0 Å². The number of hydrogen-bond donors (Lipinski definition) is 1. The number of nitrogens with zero attached hydrogens (tertiary/aromatic N) is 4. The Morgan fingerprint density at radius 3 is 2.79 bits per heavy atom. The third-order valence-electron chi connectivity index (χ3n) is 3.04. The van der Waals surface area contributed by atoms with Crippen molar-refractivity contribution in [2.75, 3.05) is 0 Å². The van der Waals surface area contributed by atoms with Gasteiger partial charge in [-0.05, 0) is 32.4 Å². The molecule has 1 N–H and O–H groups in total. The molecule has 104 valence electrons. The molecule has 0 aliphatic heterocycles. The zero-order valence-electron chi connectivity index (χ0n) is 12.0. The van der Waals surface area contributed by atoms with Crippen molar-refractivity contribution in [2.45, 2.75) is 52.9 Å². The molecule has 0 aliphatic rings. The van der Waals surface area contributed by atoms with Gasteiger partial charge in [0, 0.05) is 38.1 Å². The number of rotatable bonds is 7. The topological polar surface area (TPSA) is 47.7 Å². The molecule has 0 radical (unpaired) electrons. The number of hydrogen-bond acceptors (Lipinski definition) is 3. The molecule has 0 bridgehead atoms. The fourth-order valence-electron chi connectivity index (χ4n) is 2.00. The van der Waals surface area contributed by atoms with Gasteiger partial charge in [-0.25, -0.2) is 0 Å². The van der Waals surface area contributed by atoms with E-state index in [-0.39, 0.29) is 0 Å². The first kappa shape index (κ1) is 13.8. The molecule has 0 amide bonds. The van der Waals surface area contributed by atoms with Crippen LogP contribution in [0.3, 0.4) is 0 Å². The average molecular weight is 261 g/mol. The fraction of sp³-hybridized carbons (Fsp3) is 0.571. The van der Waals surface area contributed by atoms with Crippen LogP contribution in [0.15, 0.2) is 24.5 Å². The lowest BCUT2D eigenvalue weighted by Crippen LogP contribution is -2.17. The summed E-state index contributed by atoms with van der Waals surface area (Å²) in [5, 5.41) is 12.3. The highest BCUT2D eigenvalue weighted by atomic mass is 15.3. The van der Waals surface area contributed by atoms with Crippen molar-refractivity contribution >= 4 is 0 Å². The summed E-state index contributed by atoms with van der Waals surface area (Å²) in [5.74, 6) is 0. The Morgan fingerprint density at radius 2 is 2.11 bits per heavy atom. The monoisotopic (exact) mass is 261 g/mol. The minimum absolute atomic E-state index is 0.416. The Morgan fingerprint density at radius 1 is 1.26 bits per heavy atom. The third-order valence-corrected chi connectivity index (χ3v) is 3.04. The molecule has 5 heteroatoms. The van der Waals surface area contributed by atoms with Gasteiger partial charge in [-0.1, -0.05) is 6.92 Å². The van der Waals surface area contributed by atoms with Crippen LogP contribution in [-0.2, 0) is 19.6 Å². The maximum atomic E-state index is 4.52. The van der Waals surface area contributed by atoms with Crippen molar-refractivity contribution in [3.8, 4) is 0 Å². The summed E-state index contributed by atoms with van der Waals surface area (Å²) in [7, 11) is 0. The van der Waals surface area contributed by atoms with Gasteiger partial charge in [0.15, 0.2) is 0 Å². The second-order valence-corrected chi connectivity index (χ2v) is 5.03. The highest BCUT2D eigenvalue weighted by Crippen LogP contribution is 2.05. The van der Waals surface area contributed by atoms with E-state index in [2.05, 4.69) is 53.1 Å². The summed E-state index contributed by atoms with van der Waals surface area (Å²) >= 11 is 0. The maximum absolute atomic E-state index is 4.52. The molecule has 0 unspecified atom stereocenters. The van der Waals surface area contributed by atoms with Gasteiger partial charge in [0.1, 0.15) is 0 Å². The molecule has 0 aliphatic carbocycles.